The zero-order chi connectivity index (χ0) is 14.8. The summed E-state index contributed by atoms with van der Waals surface area (Å²) in [5.41, 5.74) is 3.05. The second kappa shape index (κ2) is 6.06. The molecule has 5 heteroatoms. The summed E-state index contributed by atoms with van der Waals surface area (Å²) in [5.74, 6) is 0.910. The summed E-state index contributed by atoms with van der Waals surface area (Å²) < 4.78 is 0. The Bertz CT molecular complexity index is 734. The lowest BCUT2D eigenvalue weighted by molar-refractivity contribution is 0.563. The number of nitrogens with zero attached hydrogens (tertiary/aromatic N) is 1. The van der Waals surface area contributed by atoms with Crippen molar-refractivity contribution in [2.24, 2.45) is 0 Å². The minimum atomic E-state index is 0.114. The van der Waals surface area contributed by atoms with Crippen molar-refractivity contribution in [2.45, 2.75) is 19.5 Å². The maximum absolute atomic E-state index is 6.22. The molecule has 2 aromatic carbocycles. The first-order valence-electron chi connectivity index (χ1n) is 6.75. The van der Waals surface area contributed by atoms with Gasteiger partial charge in [-0.1, -0.05) is 41.4 Å². The molecule has 2 N–H and O–H groups in total. The molecule has 3 nitrogen and oxygen atoms in total. The molecular formula is C16H15Cl2N3. The zero-order valence-electron chi connectivity index (χ0n) is 11.5. The van der Waals surface area contributed by atoms with Gasteiger partial charge in [-0.3, -0.25) is 0 Å². The van der Waals surface area contributed by atoms with Crippen molar-refractivity contribution in [1.29, 1.82) is 0 Å². The van der Waals surface area contributed by atoms with E-state index in [4.69, 9.17) is 23.2 Å². The molecule has 3 rings (SSSR count). The molecule has 0 amide bonds. The van der Waals surface area contributed by atoms with Crippen LogP contribution in [0.2, 0.25) is 10.0 Å². The van der Waals surface area contributed by atoms with Crippen LogP contribution in [0.15, 0.2) is 42.5 Å². The van der Waals surface area contributed by atoms with Crippen LogP contribution < -0.4 is 5.32 Å². The number of aromatic nitrogens is 2. The van der Waals surface area contributed by atoms with Gasteiger partial charge < -0.3 is 10.3 Å². The number of hydrogen-bond donors (Lipinski definition) is 2. The van der Waals surface area contributed by atoms with Gasteiger partial charge in [0.05, 0.1) is 17.6 Å². The van der Waals surface area contributed by atoms with Crippen LogP contribution >= 0.6 is 23.2 Å². The maximum Gasteiger partial charge on any atom is 0.121 e. The second-order valence-electron chi connectivity index (χ2n) is 4.97. The lowest BCUT2D eigenvalue weighted by Crippen LogP contribution is -2.19. The van der Waals surface area contributed by atoms with Gasteiger partial charge in [-0.15, -0.1) is 0 Å². The van der Waals surface area contributed by atoms with Crippen molar-refractivity contribution in [3.05, 3.63) is 63.9 Å². The van der Waals surface area contributed by atoms with Gasteiger partial charge in [0, 0.05) is 16.1 Å². The number of H-pyrrole nitrogens is 1. The first kappa shape index (κ1) is 14.4. The molecule has 0 bridgehead atoms. The van der Waals surface area contributed by atoms with Crippen LogP contribution in [-0.4, -0.2) is 9.97 Å². The second-order valence-corrected chi connectivity index (χ2v) is 5.81. The molecule has 1 heterocycles. The van der Waals surface area contributed by atoms with Gasteiger partial charge in [-0.05, 0) is 36.8 Å². The zero-order valence-corrected chi connectivity index (χ0v) is 13.0. The van der Waals surface area contributed by atoms with Crippen LogP contribution in [0.4, 0.5) is 0 Å². The molecule has 1 aromatic heterocycles. The molecule has 1 atom stereocenters. The van der Waals surface area contributed by atoms with E-state index in [9.17, 15) is 0 Å². The highest BCUT2D eigenvalue weighted by atomic mass is 35.5. The summed E-state index contributed by atoms with van der Waals surface area (Å²) in [5, 5.41) is 4.73. The minimum absolute atomic E-state index is 0.114. The fourth-order valence-corrected chi connectivity index (χ4v) is 2.87. The molecule has 0 aliphatic carbocycles. The Labute approximate surface area is 133 Å². The van der Waals surface area contributed by atoms with Crippen molar-refractivity contribution < 1.29 is 0 Å². The van der Waals surface area contributed by atoms with Crippen LogP contribution in [0.3, 0.4) is 0 Å². The lowest BCUT2D eigenvalue weighted by atomic mass is 10.1. The predicted octanol–water partition coefficient (Wildman–Crippen LogP) is 4.72. The molecule has 0 saturated carbocycles. The highest BCUT2D eigenvalue weighted by Crippen LogP contribution is 2.26. The van der Waals surface area contributed by atoms with Crippen molar-refractivity contribution in [1.82, 2.24) is 15.3 Å². The van der Waals surface area contributed by atoms with E-state index in [1.165, 1.54) is 0 Å². The van der Waals surface area contributed by atoms with Crippen LogP contribution in [0.1, 0.15) is 24.4 Å². The average Bonchev–Trinajstić information content (AvgIpc) is 2.87. The van der Waals surface area contributed by atoms with Crippen LogP contribution in [0.5, 0.6) is 0 Å². The standard InChI is InChI=1S/C16H15Cl2N3/c1-10(12-7-6-11(17)8-13(12)18)19-9-16-20-14-4-2-3-5-15(14)21-16/h2-8,10,19H,9H2,1H3,(H,20,21). The van der Waals surface area contributed by atoms with Gasteiger partial charge in [-0.2, -0.15) is 0 Å². The Balaban J connectivity index is 1.71. The average molecular weight is 320 g/mol. The van der Waals surface area contributed by atoms with Crippen molar-refractivity contribution in [3.63, 3.8) is 0 Å². The van der Waals surface area contributed by atoms with Crippen molar-refractivity contribution >= 4 is 34.2 Å². The Morgan fingerprint density at radius 3 is 2.76 bits per heavy atom. The molecule has 0 aliphatic rings. The largest absolute Gasteiger partial charge is 0.341 e. The van der Waals surface area contributed by atoms with E-state index in [1.54, 1.807) is 6.07 Å². The lowest BCUT2D eigenvalue weighted by Gasteiger charge is -2.15. The quantitative estimate of drug-likeness (QED) is 0.730. The van der Waals surface area contributed by atoms with Crippen molar-refractivity contribution in [3.8, 4) is 0 Å². The normalized spacial score (nSPS) is 12.7. The molecule has 0 fully saturated rings. The fourth-order valence-electron chi connectivity index (χ4n) is 2.30. The molecule has 3 aromatic rings. The van der Waals surface area contributed by atoms with E-state index < -0.39 is 0 Å². The molecular weight excluding hydrogens is 305 g/mol. The Kier molecular flexibility index (Phi) is 4.15. The number of para-hydroxylation sites is 2. The summed E-state index contributed by atoms with van der Waals surface area (Å²) in [7, 11) is 0. The number of aromatic amines is 1. The highest BCUT2D eigenvalue weighted by Gasteiger charge is 2.10. The topological polar surface area (TPSA) is 40.7 Å². The smallest absolute Gasteiger partial charge is 0.121 e. The number of halogens is 2. The molecule has 21 heavy (non-hydrogen) atoms. The van der Waals surface area contributed by atoms with E-state index in [1.807, 2.05) is 36.4 Å². The highest BCUT2D eigenvalue weighted by molar-refractivity contribution is 6.35. The maximum atomic E-state index is 6.22. The Morgan fingerprint density at radius 1 is 1.19 bits per heavy atom. The van der Waals surface area contributed by atoms with Gasteiger partial charge in [-0.25, -0.2) is 4.98 Å². The van der Waals surface area contributed by atoms with Crippen LogP contribution in [0.25, 0.3) is 11.0 Å². The van der Waals surface area contributed by atoms with Crippen LogP contribution in [0, 0.1) is 0 Å². The summed E-state index contributed by atoms with van der Waals surface area (Å²) >= 11 is 12.1. The van der Waals surface area contributed by atoms with Gasteiger partial charge in [0.15, 0.2) is 0 Å². The molecule has 1 unspecified atom stereocenters. The Hall–Kier alpha value is -1.55. The van der Waals surface area contributed by atoms with Gasteiger partial charge in [0.2, 0.25) is 0 Å². The number of fused-ring (bicyclic) bond motifs is 1. The first-order chi connectivity index (χ1) is 10.1. The molecule has 0 spiro atoms. The van der Waals surface area contributed by atoms with E-state index >= 15 is 0 Å². The fraction of sp³-hybridized carbons (Fsp3) is 0.188. The molecule has 0 aliphatic heterocycles. The van der Waals surface area contributed by atoms with Gasteiger partial charge >= 0.3 is 0 Å². The third-order valence-electron chi connectivity index (χ3n) is 3.44. The number of imidazole rings is 1. The number of benzene rings is 2. The van der Waals surface area contributed by atoms with E-state index in [0.29, 0.717) is 16.6 Å². The third kappa shape index (κ3) is 3.21. The minimum Gasteiger partial charge on any atom is -0.341 e. The van der Waals surface area contributed by atoms with E-state index in [0.717, 1.165) is 22.4 Å². The van der Waals surface area contributed by atoms with Gasteiger partial charge in [0.1, 0.15) is 5.82 Å². The predicted molar refractivity (Wildman–Crippen MR) is 87.8 cm³/mol. The third-order valence-corrected chi connectivity index (χ3v) is 4.01. The molecule has 0 saturated heterocycles. The van der Waals surface area contributed by atoms with Crippen LogP contribution in [-0.2, 0) is 6.54 Å². The first-order valence-corrected chi connectivity index (χ1v) is 7.51. The van der Waals surface area contributed by atoms with E-state index in [-0.39, 0.29) is 6.04 Å². The molecule has 108 valence electrons. The number of nitrogens with one attached hydrogen (secondary N) is 2. The van der Waals surface area contributed by atoms with Crippen molar-refractivity contribution in [2.75, 3.05) is 0 Å². The summed E-state index contributed by atoms with van der Waals surface area (Å²) in [4.78, 5) is 7.84. The van der Waals surface area contributed by atoms with Gasteiger partial charge in [0.25, 0.3) is 0 Å². The summed E-state index contributed by atoms with van der Waals surface area (Å²) in [6, 6.07) is 13.7. The SMILES string of the molecule is CC(NCc1nc2ccccc2[nH]1)c1ccc(Cl)cc1Cl. The van der Waals surface area contributed by atoms with E-state index in [2.05, 4.69) is 22.2 Å². The molecule has 0 radical (unpaired) electrons. The summed E-state index contributed by atoms with van der Waals surface area (Å²) in [6.45, 7) is 2.71. The summed E-state index contributed by atoms with van der Waals surface area (Å²) in [6.07, 6.45) is 0. The monoisotopic (exact) mass is 319 g/mol. The number of rotatable bonds is 4. The number of hydrogen-bond acceptors (Lipinski definition) is 2. The Morgan fingerprint density at radius 2 is 2.00 bits per heavy atom.